The van der Waals surface area contributed by atoms with Crippen molar-refractivity contribution >= 4 is 49.4 Å². The first kappa shape index (κ1) is 15.5. The van der Waals surface area contributed by atoms with Gasteiger partial charge in [-0.1, -0.05) is 46.3 Å². The fraction of sp³-hybridized carbons (Fsp3) is 0.133. The number of carbonyl (C=O) groups excluding carboxylic acids is 1. The minimum Gasteiger partial charge on any atom is -0.350 e. The molecule has 2 aromatic carbocycles. The third-order valence-electron chi connectivity index (χ3n) is 2.78. The molecule has 0 saturated heterocycles. The summed E-state index contributed by atoms with van der Waals surface area (Å²) in [6.07, 6.45) is 0. The van der Waals surface area contributed by atoms with E-state index < -0.39 is 0 Å². The van der Waals surface area contributed by atoms with Crippen molar-refractivity contribution in [2.24, 2.45) is 0 Å². The number of halogens is 3. The molecule has 2 nitrogen and oxygen atoms in total. The van der Waals surface area contributed by atoms with Crippen LogP contribution < -0.4 is 5.32 Å². The minimum atomic E-state index is -0.241. The lowest BCUT2D eigenvalue weighted by Gasteiger charge is -2.12. The first-order chi connectivity index (χ1) is 9.58. The summed E-state index contributed by atoms with van der Waals surface area (Å²) >= 11 is 13.0. The lowest BCUT2D eigenvalue weighted by molar-refractivity contribution is 0.0953. The number of rotatable bonds is 4. The smallest absolute Gasteiger partial charge is 0.252 e. The van der Waals surface area contributed by atoms with Gasteiger partial charge in [0.1, 0.15) is 0 Å². The SMILES string of the molecule is O=C(NCC(Cl)c1ccccc1)c1ccc(Br)cc1Br. The van der Waals surface area contributed by atoms with Gasteiger partial charge in [-0.05, 0) is 39.7 Å². The van der Waals surface area contributed by atoms with E-state index in [0.717, 1.165) is 14.5 Å². The second kappa shape index (κ2) is 7.25. The van der Waals surface area contributed by atoms with E-state index >= 15 is 0 Å². The molecule has 0 bridgehead atoms. The van der Waals surface area contributed by atoms with Crippen molar-refractivity contribution in [3.63, 3.8) is 0 Å². The van der Waals surface area contributed by atoms with Gasteiger partial charge in [0.2, 0.25) is 0 Å². The molecule has 0 fully saturated rings. The van der Waals surface area contributed by atoms with Crippen LogP contribution in [0.25, 0.3) is 0 Å². The van der Waals surface area contributed by atoms with E-state index in [-0.39, 0.29) is 11.3 Å². The molecule has 104 valence electrons. The van der Waals surface area contributed by atoms with Crippen LogP contribution in [-0.4, -0.2) is 12.5 Å². The molecule has 0 heterocycles. The highest BCUT2D eigenvalue weighted by molar-refractivity contribution is 9.11. The molecule has 5 heteroatoms. The standard InChI is InChI=1S/C15H12Br2ClNO/c16-11-6-7-12(13(17)8-11)15(20)19-9-14(18)10-4-2-1-3-5-10/h1-8,14H,9H2,(H,19,20). The van der Waals surface area contributed by atoms with Gasteiger partial charge in [0.15, 0.2) is 0 Å². The highest BCUT2D eigenvalue weighted by Gasteiger charge is 2.13. The first-order valence-corrected chi connectivity index (χ1v) is 8.02. The summed E-state index contributed by atoms with van der Waals surface area (Å²) in [7, 11) is 0. The molecule has 2 rings (SSSR count). The van der Waals surface area contributed by atoms with Crippen LogP contribution in [0.2, 0.25) is 0 Å². The van der Waals surface area contributed by atoms with Crippen LogP contribution >= 0.6 is 43.5 Å². The molecular formula is C15H12Br2ClNO. The zero-order chi connectivity index (χ0) is 14.5. The average Bonchev–Trinajstić information content (AvgIpc) is 2.45. The summed E-state index contributed by atoms with van der Waals surface area (Å²) in [6, 6.07) is 15.1. The molecule has 1 unspecified atom stereocenters. The van der Waals surface area contributed by atoms with Crippen molar-refractivity contribution in [2.45, 2.75) is 5.38 Å². The van der Waals surface area contributed by atoms with Gasteiger partial charge in [-0.15, -0.1) is 11.6 Å². The minimum absolute atomic E-state index is 0.147. The van der Waals surface area contributed by atoms with Crippen LogP contribution in [0.15, 0.2) is 57.5 Å². The number of hydrogen-bond donors (Lipinski definition) is 1. The highest BCUT2D eigenvalue weighted by Crippen LogP contribution is 2.23. The van der Waals surface area contributed by atoms with Crippen LogP contribution in [0.4, 0.5) is 0 Å². The maximum absolute atomic E-state index is 12.1. The van der Waals surface area contributed by atoms with Crippen molar-refractivity contribution < 1.29 is 4.79 Å². The number of carbonyl (C=O) groups is 1. The maximum atomic E-state index is 12.1. The monoisotopic (exact) mass is 415 g/mol. The Hall–Kier alpha value is -0.840. The molecule has 0 radical (unpaired) electrons. The lowest BCUT2D eigenvalue weighted by Crippen LogP contribution is -2.27. The van der Waals surface area contributed by atoms with Crippen LogP contribution in [0.5, 0.6) is 0 Å². The second-order valence-electron chi connectivity index (χ2n) is 4.21. The zero-order valence-electron chi connectivity index (χ0n) is 10.4. The molecular weight excluding hydrogens is 405 g/mol. The molecule has 1 atom stereocenters. The number of benzene rings is 2. The van der Waals surface area contributed by atoms with Crippen molar-refractivity contribution in [1.29, 1.82) is 0 Å². The molecule has 0 saturated carbocycles. The number of alkyl halides is 1. The molecule has 0 aliphatic carbocycles. The molecule has 0 aromatic heterocycles. The molecule has 2 aromatic rings. The first-order valence-electron chi connectivity index (χ1n) is 6.00. The molecule has 0 aliphatic heterocycles. The van der Waals surface area contributed by atoms with E-state index in [1.807, 2.05) is 42.5 Å². The Morgan fingerprint density at radius 3 is 2.50 bits per heavy atom. The number of hydrogen-bond acceptors (Lipinski definition) is 1. The summed E-state index contributed by atoms with van der Waals surface area (Å²) < 4.78 is 1.66. The normalized spacial score (nSPS) is 11.9. The molecule has 20 heavy (non-hydrogen) atoms. The predicted octanol–water partition coefficient (Wildman–Crippen LogP) is 4.92. The molecule has 1 N–H and O–H groups in total. The summed E-state index contributed by atoms with van der Waals surface area (Å²) in [4.78, 5) is 12.1. The lowest BCUT2D eigenvalue weighted by atomic mass is 10.1. The van der Waals surface area contributed by atoms with E-state index in [1.165, 1.54) is 0 Å². The van der Waals surface area contributed by atoms with Gasteiger partial charge >= 0.3 is 0 Å². The Kier molecular flexibility index (Phi) is 5.64. The van der Waals surface area contributed by atoms with Gasteiger partial charge < -0.3 is 5.32 Å². The predicted molar refractivity (Wildman–Crippen MR) is 89.2 cm³/mol. The Labute approximate surface area is 139 Å². The summed E-state index contributed by atoms with van der Waals surface area (Å²) in [6.45, 7) is 0.382. The third-order valence-corrected chi connectivity index (χ3v) is 4.33. The van der Waals surface area contributed by atoms with Crippen molar-refractivity contribution in [3.05, 3.63) is 68.6 Å². The Balaban J connectivity index is 1.99. The molecule has 0 spiro atoms. The van der Waals surface area contributed by atoms with Crippen molar-refractivity contribution in [2.75, 3.05) is 6.54 Å². The topological polar surface area (TPSA) is 29.1 Å². The van der Waals surface area contributed by atoms with Crippen LogP contribution in [0.3, 0.4) is 0 Å². The van der Waals surface area contributed by atoms with E-state index in [9.17, 15) is 4.79 Å². The van der Waals surface area contributed by atoms with Crippen LogP contribution in [0, 0.1) is 0 Å². The van der Waals surface area contributed by atoms with Crippen molar-refractivity contribution in [3.8, 4) is 0 Å². The second-order valence-corrected chi connectivity index (χ2v) is 6.51. The summed E-state index contributed by atoms with van der Waals surface area (Å²) in [5.74, 6) is -0.147. The van der Waals surface area contributed by atoms with E-state index in [2.05, 4.69) is 37.2 Å². The zero-order valence-corrected chi connectivity index (χ0v) is 14.4. The Bertz CT molecular complexity index is 604. The van der Waals surface area contributed by atoms with Gasteiger partial charge in [0.25, 0.3) is 5.91 Å². The van der Waals surface area contributed by atoms with Gasteiger partial charge in [-0.2, -0.15) is 0 Å². The quantitative estimate of drug-likeness (QED) is 0.703. The third kappa shape index (κ3) is 4.08. The number of amides is 1. The van der Waals surface area contributed by atoms with Gasteiger partial charge in [-0.3, -0.25) is 4.79 Å². The van der Waals surface area contributed by atoms with E-state index in [1.54, 1.807) is 6.07 Å². The van der Waals surface area contributed by atoms with E-state index in [0.29, 0.717) is 12.1 Å². The molecule has 1 amide bonds. The van der Waals surface area contributed by atoms with E-state index in [4.69, 9.17) is 11.6 Å². The summed E-state index contributed by atoms with van der Waals surface area (Å²) in [5.41, 5.74) is 1.58. The highest BCUT2D eigenvalue weighted by atomic mass is 79.9. The number of nitrogens with one attached hydrogen (secondary N) is 1. The van der Waals surface area contributed by atoms with Crippen LogP contribution in [-0.2, 0) is 0 Å². The summed E-state index contributed by atoms with van der Waals surface area (Å²) in [5, 5.41) is 2.60. The Morgan fingerprint density at radius 1 is 1.15 bits per heavy atom. The van der Waals surface area contributed by atoms with Gasteiger partial charge in [0.05, 0.1) is 10.9 Å². The van der Waals surface area contributed by atoms with Crippen molar-refractivity contribution in [1.82, 2.24) is 5.32 Å². The van der Waals surface area contributed by atoms with Crippen LogP contribution in [0.1, 0.15) is 21.3 Å². The van der Waals surface area contributed by atoms with Gasteiger partial charge in [0, 0.05) is 15.5 Å². The maximum Gasteiger partial charge on any atom is 0.252 e. The fourth-order valence-corrected chi connectivity index (χ4v) is 3.18. The van der Waals surface area contributed by atoms with Gasteiger partial charge in [-0.25, -0.2) is 0 Å². The average molecular weight is 418 g/mol. The molecule has 0 aliphatic rings. The largest absolute Gasteiger partial charge is 0.350 e. The fourth-order valence-electron chi connectivity index (χ4n) is 1.73. The Morgan fingerprint density at radius 2 is 1.85 bits per heavy atom.